The van der Waals surface area contributed by atoms with Crippen LogP contribution in [-0.2, 0) is 23.9 Å². The average molecular weight is 477 g/mol. The first-order valence-electron chi connectivity index (χ1n) is 10.6. The molecule has 3 aliphatic heterocycles. The van der Waals surface area contributed by atoms with Crippen molar-refractivity contribution in [3.05, 3.63) is 22.5 Å². The number of nitrogens with zero attached hydrogens (tertiary/aromatic N) is 2. The fourth-order valence-corrected chi connectivity index (χ4v) is 5.22. The van der Waals surface area contributed by atoms with E-state index in [-0.39, 0.29) is 60.2 Å². The van der Waals surface area contributed by atoms with Crippen LogP contribution in [0.5, 0.6) is 0 Å². The van der Waals surface area contributed by atoms with Crippen LogP contribution in [0.2, 0.25) is 0 Å². The third-order valence-electron chi connectivity index (χ3n) is 6.76. The van der Waals surface area contributed by atoms with Crippen LogP contribution >= 0.6 is 0 Å². The maximum Gasteiger partial charge on any atom is 0.404 e. The highest BCUT2D eigenvalue weighted by Gasteiger charge is 2.72. The highest BCUT2D eigenvalue weighted by atomic mass is 16.6. The number of nitrogens with one attached hydrogen (secondary N) is 2. The van der Waals surface area contributed by atoms with Gasteiger partial charge in [0.1, 0.15) is 12.6 Å². The molecule has 3 heterocycles. The van der Waals surface area contributed by atoms with E-state index < -0.39 is 41.3 Å². The Balaban J connectivity index is 1.69. The van der Waals surface area contributed by atoms with Crippen molar-refractivity contribution in [2.24, 2.45) is 28.1 Å². The van der Waals surface area contributed by atoms with E-state index in [1.165, 1.54) is 14.0 Å². The quantitative estimate of drug-likeness (QED) is 0.0849. The molecule has 0 aromatic heterocycles. The molecule has 14 heteroatoms. The molecule has 14 nitrogen and oxygen atoms in total. The van der Waals surface area contributed by atoms with Crippen LogP contribution in [-0.4, -0.2) is 90.3 Å². The molecule has 34 heavy (non-hydrogen) atoms. The summed E-state index contributed by atoms with van der Waals surface area (Å²) in [6.07, 6.45) is -1.07. The molecule has 2 saturated heterocycles. The SMILES string of the molecule is CO[C@@]12C(COC(N)=O)C3=C(C(=O)C(C)=C(NC(CCN=C(N)N)C(=O)O)C3=O)N1CC1NC12. The number of ether oxygens (including phenoxy) is 2. The molecule has 4 aliphatic rings. The molecule has 0 aromatic rings. The van der Waals surface area contributed by atoms with Gasteiger partial charge in [0.25, 0.3) is 0 Å². The van der Waals surface area contributed by atoms with Gasteiger partial charge in [0, 0.05) is 37.4 Å². The van der Waals surface area contributed by atoms with Gasteiger partial charge in [0.05, 0.1) is 23.4 Å². The number of carbonyl (C=O) groups excluding carboxylic acids is 3. The number of hydrogen-bond acceptors (Lipinski definition) is 10. The van der Waals surface area contributed by atoms with Gasteiger partial charge in [-0.15, -0.1) is 0 Å². The number of carboxylic acids is 1. The number of ketones is 2. The monoisotopic (exact) mass is 477 g/mol. The lowest BCUT2D eigenvalue weighted by atomic mass is 9.82. The molecule has 5 atom stereocenters. The van der Waals surface area contributed by atoms with Crippen molar-refractivity contribution in [3.8, 4) is 0 Å². The first kappa shape index (κ1) is 23.5. The predicted molar refractivity (Wildman–Crippen MR) is 116 cm³/mol. The largest absolute Gasteiger partial charge is 0.480 e. The summed E-state index contributed by atoms with van der Waals surface area (Å²) in [5, 5.41) is 15.6. The Morgan fingerprint density at radius 1 is 1.32 bits per heavy atom. The molecule has 184 valence electrons. The molecule has 0 bridgehead atoms. The van der Waals surface area contributed by atoms with Gasteiger partial charge in [-0.3, -0.25) is 14.6 Å². The Hall–Kier alpha value is -3.65. The summed E-state index contributed by atoms with van der Waals surface area (Å²) in [4.78, 5) is 55.9. The minimum atomic E-state index is -1.25. The molecule has 1 aliphatic carbocycles. The lowest BCUT2D eigenvalue weighted by Gasteiger charge is -2.39. The number of Topliss-reactive ketones (excluding diaryl/α,β-unsaturated/α-hetero) is 2. The van der Waals surface area contributed by atoms with Crippen molar-refractivity contribution in [2.75, 3.05) is 26.8 Å². The van der Waals surface area contributed by atoms with Crippen molar-refractivity contribution in [3.63, 3.8) is 0 Å². The lowest BCUT2D eigenvalue weighted by Crippen LogP contribution is -2.55. The molecule has 1 amide bonds. The predicted octanol–water partition coefficient (Wildman–Crippen LogP) is -2.90. The van der Waals surface area contributed by atoms with Crippen LogP contribution in [0.4, 0.5) is 4.79 Å². The molecule has 2 fully saturated rings. The van der Waals surface area contributed by atoms with E-state index in [1.807, 2.05) is 0 Å². The summed E-state index contributed by atoms with van der Waals surface area (Å²) in [6.45, 7) is 1.59. The molecule has 0 spiro atoms. The minimum Gasteiger partial charge on any atom is -0.480 e. The maximum atomic E-state index is 13.7. The van der Waals surface area contributed by atoms with Gasteiger partial charge in [0.15, 0.2) is 11.7 Å². The van der Waals surface area contributed by atoms with Crippen molar-refractivity contribution < 1.29 is 33.8 Å². The average Bonchev–Trinajstić information content (AvgIpc) is 3.38. The van der Waals surface area contributed by atoms with E-state index in [9.17, 15) is 24.3 Å². The second-order valence-electron chi connectivity index (χ2n) is 8.55. The van der Waals surface area contributed by atoms with Crippen LogP contribution in [0, 0.1) is 5.92 Å². The zero-order valence-electron chi connectivity index (χ0n) is 18.7. The molecule has 0 saturated carbocycles. The third kappa shape index (κ3) is 3.45. The number of carbonyl (C=O) groups is 4. The second-order valence-corrected chi connectivity index (χ2v) is 8.55. The number of primary amides is 1. The van der Waals surface area contributed by atoms with Gasteiger partial charge in [-0.25, -0.2) is 9.59 Å². The summed E-state index contributed by atoms with van der Waals surface area (Å²) in [7, 11) is 1.46. The van der Waals surface area contributed by atoms with Crippen molar-refractivity contribution in [1.82, 2.24) is 15.5 Å². The van der Waals surface area contributed by atoms with Crippen LogP contribution in [0.1, 0.15) is 13.3 Å². The number of piperazine rings is 1. The molecule has 4 rings (SSSR count). The number of rotatable bonds is 9. The van der Waals surface area contributed by atoms with Gasteiger partial charge in [-0.05, 0) is 13.3 Å². The smallest absolute Gasteiger partial charge is 0.404 e. The summed E-state index contributed by atoms with van der Waals surface area (Å²) >= 11 is 0. The number of amides is 1. The van der Waals surface area contributed by atoms with E-state index in [0.29, 0.717) is 6.54 Å². The molecule has 0 radical (unpaired) electrons. The second kappa shape index (κ2) is 8.29. The number of hydrogen-bond donors (Lipinski definition) is 6. The molecule has 9 N–H and O–H groups in total. The number of carboxylic acid groups (broad SMARTS) is 1. The van der Waals surface area contributed by atoms with Gasteiger partial charge in [-0.1, -0.05) is 0 Å². The van der Waals surface area contributed by atoms with E-state index >= 15 is 0 Å². The zero-order valence-corrected chi connectivity index (χ0v) is 18.7. The summed E-state index contributed by atoms with van der Waals surface area (Å²) in [5.41, 5.74) is 14.8. The fraction of sp³-hybridized carbons (Fsp3) is 0.550. The standard InChI is InChI=1S/C20H27N7O7/c1-7-12(25-9(17(30)31)3-4-24-18(21)22)15(29)11-8(6-34-19(23)32)20(33-2)16-10(26-16)5-27(20)13(11)14(7)28/h8-10,16,25-26H,3-6H2,1-2H3,(H2,23,32)(H,30,31)(H4,21,22,24)/t8?,9?,10?,16?,20-/m1/s1. The fourth-order valence-electron chi connectivity index (χ4n) is 5.22. The maximum absolute atomic E-state index is 13.7. The Morgan fingerprint density at radius 3 is 2.62 bits per heavy atom. The van der Waals surface area contributed by atoms with Crippen LogP contribution < -0.4 is 27.8 Å². The van der Waals surface area contributed by atoms with Crippen LogP contribution in [0.3, 0.4) is 0 Å². The third-order valence-corrected chi connectivity index (χ3v) is 6.76. The Kier molecular flexibility index (Phi) is 5.73. The summed E-state index contributed by atoms with van der Waals surface area (Å²) in [6, 6.07) is -1.36. The van der Waals surface area contributed by atoms with Gasteiger partial charge in [-0.2, -0.15) is 0 Å². The van der Waals surface area contributed by atoms with Crippen LogP contribution in [0.15, 0.2) is 27.5 Å². The van der Waals surface area contributed by atoms with E-state index in [4.69, 9.17) is 26.7 Å². The van der Waals surface area contributed by atoms with Gasteiger partial charge >= 0.3 is 12.1 Å². The number of allylic oxidation sites excluding steroid dienone is 2. The first-order chi connectivity index (χ1) is 16.0. The van der Waals surface area contributed by atoms with Crippen molar-refractivity contribution in [2.45, 2.75) is 37.2 Å². The number of nitrogens with two attached hydrogens (primary N) is 3. The number of guanidine groups is 1. The minimum absolute atomic E-state index is 0.000904. The highest BCUT2D eigenvalue weighted by Crippen LogP contribution is 2.55. The topological polar surface area (TPSA) is 235 Å². The number of aliphatic imine (C=N–C) groups is 1. The molecule has 4 unspecified atom stereocenters. The Morgan fingerprint density at radius 2 is 2.03 bits per heavy atom. The number of methoxy groups -OCH3 is 1. The van der Waals surface area contributed by atoms with E-state index in [2.05, 4.69) is 15.6 Å². The Bertz CT molecular complexity index is 1060. The lowest BCUT2D eigenvalue weighted by molar-refractivity contribution is -0.139. The van der Waals surface area contributed by atoms with Crippen molar-refractivity contribution >= 4 is 29.6 Å². The van der Waals surface area contributed by atoms with Gasteiger partial charge in [0.2, 0.25) is 11.6 Å². The summed E-state index contributed by atoms with van der Waals surface area (Å²) < 4.78 is 10.9. The van der Waals surface area contributed by atoms with E-state index in [0.717, 1.165) is 0 Å². The number of aliphatic carboxylic acids is 1. The summed E-state index contributed by atoms with van der Waals surface area (Å²) in [5.74, 6) is -3.27. The first-order valence-corrected chi connectivity index (χ1v) is 10.6. The zero-order chi connectivity index (χ0) is 24.9. The molecular weight excluding hydrogens is 450 g/mol. The highest BCUT2D eigenvalue weighted by molar-refractivity contribution is 6.25. The Labute approximate surface area is 194 Å². The van der Waals surface area contributed by atoms with Crippen molar-refractivity contribution in [1.29, 1.82) is 0 Å². The van der Waals surface area contributed by atoms with Gasteiger partial charge < -0.3 is 47.3 Å². The number of fused-ring (bicyclic) bond motifs is 4. The molecular formula is C20H27N7O7. The van der Waals surface area contributed by atoms with E-state index in [1.54, 1.807) is 4.90 Å². The molecule has 0 aromatic carbocycles. The normalized spacial score (nSPS) is 29.9. The van der Waals surface area contributed by atoms with Crippen LogP contribution in [0.25, 0.3) is 0 Å².